The van der Waals surface area contributed by atoms with E-state index in [2.05, 4.69) is 25.4 Å². The van der Waals surface area contributed by atoms with E-state index in [0.29, 0.717) is 55.4 Å². The summed E-state index contributed by atoms with van der Waals surface area (Å²) in [4.78, 5) is 43.7. The fourth-order valence-corrected chi connectivity index (χ4v) is 6.84. The van der Waals surface area contributed by atoms with Crippen molar-refractivity contribution in [2.75, 3.05) is 0 Å². The van der Waals surface area contributed by atoms with Crippen molar-refractivity contribution < 1.29 is 10.2 Å². The van der Waals surface area contributed by atoms with E-state index in [1.54, 1.807) is 45.4 Å². The Balaban J connectivity index is 0.000000167. The molecule has 0 saturated heterocycles. The Morgan fingerprint density at radius 3 is 1.26 bits per heavy atom. The predicted molar refractivity (Wildman–Crippen MR) is 207 cm³/mol. The van der Waals surface area contributed by atoms with E-state index in [4.69, 9.17) is 0 Å². The first-order chi connectivity index (χ1) is 25.4. The second-order valence-corrected chi connectivity index (χ2v) is 13.9. The van der Waals surface area contributed by atoms with Gasteiger partial charge in [-0.15, -0.1) is 30.0 Å². The zero-order valence-electron chi connectivity index (χ0n) is 32.0. The normalized spacial score (nSPS) is 11.6. The van der Waals surface area contributed by atoms with Gasteiger partial charge in [-0.05, 0) is 124 Å². The van der Waals surface area contributed by atoms with Crippen LogP contribution in [0.2, 0.25) is 0 Å². The standard InChI is InChI=1S/C20H21N5O3.C19H19N5O2/c1-9-10(2)12(4)18(26)17(11(9)3)25-21-13-7-15-16(8-14(13)22-25)24(6)20(28)19(27)23(15)5;1-9-10(2)12(4)18(25)17(11(9)3)24-21-15-6-13-14(7-16(15)22-24)20-8-23(5)19(13)26/h7-8,26H,1-6H3;6-8,25H,1-5H3. The van der Waals surface area contributed by atoms with Crippen molar-refractivity contribution in [1.82, 2.24) is 48.7 Å². The minimum atomic E-state index is -0.597. The topological polar surface area (TPSA) is 181 Å². The summed E-state index contributed by atoms with van der Waals surface area (Å²) in [5.74, 6) is 0.315. The molecule has 15 nitrogen and oxygen atoms in total. The molecular formula is C39H40N10O5. The molecule has 0 amide bonds. The third-order valence-corrected chi connectivity index (χ3v) is 11.1. The Bertz CT molecular complexity index is 2980. The van der Waals surface area contributed by atoms with Gasteiger partial charge in [0.15, 0.2) is 0 Å². The fourth-order valence-electron chi connectivity index (χ4n) is 6.84. The Morgan fingerprint density at radius 1 is 0.463 bits per heavy atom. The minimum Gasteiger partial charge on any atom is -0.505 e. The highest BCUT2D eigenvalue weighted by molar-refractivity contribution is 5.92. The van der Waals surface area contributed by atoms with Crippen LogP contribution in [0.15, 0.2) is 45.0 Å². The highest BCUT2D eigenvalue weighted by atomic mass is 16.3. The van der Waals surface area contributed by atoms with Gasteiger partial charge in [0.05, 0.1) is 28.3 Å². The minimum absolute atomic E-state index is 0.132. The highest BCUT2D eigenvalue weighted by Gasteiger charge is 2.21. The summed E-state index contributed by atoms with van der Waals surface area (Å²) >= 11 is 0. The van der Waals surface area contributed by atoms with Crippen LogP contribution in [0.4, 0.5) is 0 Å². The van der Waals surface area contributed by atoms with Crippen LogP contribution in [0.5, 0.6) is 11.5 Å². The lowest BCUT2D eigenvalue weighted by atomic mass is 9.97. The quantitative estimate of drug-likeness (QED) is 0.240. The predicted octanol–water partition coefficient (Wildman–Crippen LogP) is 4.52. The van der Waals surface area contributed by atoms with E-state index in [1.165, 1.54) is 29.6 Å². The maximum absolute atomic E-state index is 12.3. The van der Waals surface area contributed by atoms with Gasteiger partial charge >= 0.3 is 11.1 Å². The third kappa shape index (κ3) is 5.25. The summed E-state index contributed by atoms with van der Waals surface area (Å²) in [5, 5.41) is 40.0. The maximum Gasteiger partial charge on any atom is 0.316 e. The number of aryl methyl sites for hydroxylation is 3. The van der Waals surface area contributed by atoms with Crippen LogP contribution in [0.1, 0.15) is 44.5 Å². The molecule has 15 heteroatoms. The number of benzene rings is 4. The summed E-state index contributed by atoms with van der Waals surface area (Å²) in [6, 6.07) is 6.91. The monoisotopic (exact) mass is 728 g/mol. The number of hydrogen-bond acceptors (Lipinski definition) is 10. The van der Waals surface area contributed by atoms with Crippen LogP contribution in [0.3, 0.4) is 0 Å². The summed E-state index contributed by atoms with van der Waals surface area (Å²) < 4.78 is 4.07. The maximum atomic E-state index is 12.3. The van der Waals surface area contributed by atoms with Crippen molar-refractivity contribution in [2.24, 2.45) is 21.1 Å². The van der Waals surface area contributed by atoms with E-state index >= 15 is 0 Å². The number of fused-ring (bicyclic) bond motifs is 4. The molecule has 0 radical (unpaired) electrons. The molecule has 0 aliphatic heterocycles. The molecule has 4 aromatic carbocycles. The average Bonchev–Trinajstić information content (AvgIpc) is 3.76. The molecule has 8 rings (SSSR count). The lowest BCUT2D eigenvalue weighted by Gasteiger charge is -2.15. The molecule has 4 aromatic heterocycles. The second kappa shape index (κ2) is 12.5. The number of phenolic OH excluding ortho intramolecular Hbond substituents is 2. The van der Waals surface area contributed by atoms with E-state index in [0.717, 1.165) is 44.5 Å². The molecule has 0 fully saturated rings. The molecule has 276 valence electrons. The molecule has 0 unspecified atom stereocenters. The molecule has 54 heavy (non-hydrogen) atoms. The van der Waals surface area contributed by atoms with Gasteiger partial charge in [-0.2, -0.15) is 0 Å². The number of aromatic hydroxyl groups is 2. The molecule has 0 aliphatic rings. The van der Waals surface area contributed by atoms with Crippen molar-refractivity contribution in [1.29, 1.82) is 0 Å². The summed E-state index contributed by atoms with van der Waals surface area (Å²) in [6.07, 6.45) is 1.49. The smallest absolute Gasteiger partial charge is 0.316 e. The zero-order valence-corrected chi connectivity index (χ0v) is 32.0. The number of aromatic nitrogens is 10. The summed E-state index contributed by atoms with van der Waals surface area (Å²) in [7, 11) is 4.78. The summed E-state index contributed by atoms with van der Waals surface area (Å²) in [5.41, 5.74) is 11.5. The van der Waals surface area contributed by atoms with E-state index in [-0.39, 0.29) is 17.1 Å². The van der Waals surface area contributed by atoms with Crippen LogP contribution in [0, 0.1) is 55.4 Å². The van der Waals surface area contributed by atoms with Gasteiger partial charge in [-0.3, -0.25) is 14.4 Å². The van der Waals surface area contributed by atoms with E-state index < -0.39 is 11.1 Å². The SMILES string of the molecule is Cc1c(C)c(C)c(-n2nc3cc4c(cc3n2)n(C)c(=O)c(=O)n4C)c(O)c1C.Cc1c(C)c(C)c(-n2nc3cc4ncn(C)c(=O)c4cc3n2)c(O)c1C. The zero-order chi connectivity index (χ0) is 39.2. The van der Waals surface area contributed by atoms with Gasteiger partial charge in [0.2, 0.25) is 0 Å². The Labute approximate surface area is 308 Å². The molecular weight excluding hydrogens is 688 g/mol. The molecule has 4 heterocycles. The van der Waals surface area contributed by atoms with Crippen LogP contribution >= 0.6 is 0 Å². The van der Waals surface area contributed by atoms with Gasteiger partial charge < -0.3 is 23.9 Å². The van der Waals surface area contributed by atoms with Gasteiger partial charge in [-0.1, -0.05) is 0 Å². The largest absolute Gasteiger partial charge is 0.505 e. The number of hydrogen-bond donors (Lipinski definition) is 2. The number of phenols is 2. The van der Waals surface area contributed by atoms with E-state index in [9.17, 15) is 24.6 Å². The number of rotatable bonds is 2. The number of nitrogens with zero attached hydrogens (tertiary/aromatic N) is 10. The first-order valence-corrected chi connectivity index (χ1v) is 17.2. The van der Waals surface area contributed by atoms with Gasteiger partial charge in [0, 0.05) is 21.1 Å². The molecule has 0 atom stereocenters. The van der Waals surface area contributed by atoms with Gasteiger partial charge in [-0.25, -0.2) is 4.98 Å². The Hall–Kier alpha value is -6.64. The van der Waals surface area contributed by atoms with Crippen molar-refractivity contribution in [3.8, 4) is 22.9 Å². The third-order valence-electron chi connectivity index (χ3n) is 11.1. The van der Waals surface area contributed by atoms with Gasteiger partial charge in [0.1, 0.15) is 44.9 Å². The second-order valence-electron chi connectivity index (χ2n) is 13.9. The van der Waals surface area contributed by atoms with Crippen molar-refractivity contribution in [3.63, 3.8) is 0 Å². The lowest BCUT2D eigenvalue weighted by Crippen LogP contribution is -2.39. The van der Waals surface area contributed by atoms with Crippen LogP contribution in [-0.4, -0.2) is 58.9 Å². The molecule has 0 saturated carbocycles. The van der Waals surface area contributed by atoms with Crippen LogP contribution in [0.25, 0.3) is 55.4 Å². The average molecular weight is 729 g/mol. The first-order valence-electron chi connectivity index (χ1n) is 17.2. The molecule has 0 spiro atoms. The Kier molecular flexibility index (Phi) is 8.27. The molecule has 0 bridgehead atoms. The van der Waals surface area contributed by atoms with Crippen molar-refractivity contribution in [3.05, 3.63) is 106 Å². The van der Waals surface area contributed by atoms with Crippen LogP contribution < -0.4 is 16.7 Å². The van der Waals surface area contributed by atoms with Crippen LogP contribution in [-0.2, 0) is 21.1 Å². The van der Waals surface area contributed by atoms with Gasteiger partial charge in [0.25, 0.3) is 5.56 Å². The molecule has 2 N–H and O–H groups in total. The van der Waals surface area contributed by atoms with Crippen molar-refractivity contribution >= 4 is 44.0 Å². The first kappa shape index (κ1) is 35.7. The molecule has 0 aliphatic carbocycles. The van der Waals surface area contributed by atoms with E-state index in [1.807, 2.05) is 55.4 Å². The lowest BCUT2D eigenvalue weighted by molar-refractivity contribution is 0.461. The highest BCUT2D eigenvalue weighted by Crippen LogP contribution is 2.36. The molecule has 8 aromatic rings. The summed E-state index contributed by atoms with van der Waals surface area (Å²) in [6.45, 7) is 15.6. The van der Waals surface area contributed by atoms with Crippen molar-refractivity contribution in [2.45, 2.75) is 55.4 Å². The Morgan fingerprint density at radius 2 is 0.833 bits per heavy atom. The fraction of sp³-hybridized carbons (Fsp3) is 0.282.